The summed E-state index contributed by atoms with van der Waals surface area (Å²) in [5.74, 6) is 1.60. The molecule has 0 bridgehead atoms. The monoisotopic (exact) mass is 512 g/mol. The Kier molecular flexibility index (Phi) is 7.05. The number of hydrogen-bond acceptors (Lipinski definition) is 3. The highest BCUT2D eigenvalue weighted by Gasteiger charge is 2.27. The Labute approximate surface area is 191 Å². The maximum atomic E-state index is 12.8. The minimum absolute atomic E-state index is 0.0836. The van der Waals surface area contributed by atoms with E-state index in [1.165, 1.54) is 30.1 Å². The third-order valence-electron chi connectivity index (χ3n) is 5.30. The van der Waals surface area contributed by atoms with E-state index in [9.17, 15) is 4.79 Å². The number of carbonyl (C=O) groups excluding carboxylic acids is 1. The summed E-state index contributed by atoms with van der Waals surface area (Å²) in [5.41, 5.74) is 1.57. The molecule has 4 rings (SSSR count). The lowest BCUT2D eigenvalue weighted by molar-refractivity contribution is 0.101. The molecule has 0 saturated heterocycles. The smallest absolute Gasteiger partial charge is 0.231 e. The number of fused-ring (bicyclic) bond motifs is 2. The molecule has 4 heteroatoms. The number of halogens is 1. The van der Waals surface area contributed by atoms with Crippen LogP contribution in [0.2, 0.25) is 0 Å². The molecule has 0 aliphatic carbocycles. The zero-order valence-electron chi connectivity index (χ0n) is 16.9. The predicted molar refractivity (Wildman–Crippen MR) is 131 cm³/mol. The fourth-order valence-corrected chi connectivity index (χ4v) is 4.23. The molecule has 0 saturated carbocycles. The minimum atomic E-state index is -0.0836. The highest BCUT2D eigenvalue weighted by molar-refractivity contribution is 14.1. The van der Waals surface area contributed by atoms with Gasteiger partial charge in [0.2, 0.25) is 5.78 Å². The number of allylic oxidation sites excluding steroid dienone is 1. The second kappa shape index (κ2) is 10.1. The van der Waals surface area contributed by atoms with Gasteiger partial charge in [-0.3, -0.25) is 4.79 Å². The number of ketones is 1. The van der Waals surface area contributed by atoms with Crippen molar-refractivity contribution in [2.24, 2.45) is 0 Å². The zero-order valence-corrected chi connectivity index (χ0v) is 19.1. The van der Waals surface area contributed by atoms with Crippen LogP contribution in [0.15, 0.2) is 66.4 Å². The van der Waals surface area contributed by atoms with E-state index in [0.717, 1.165) is 28.5 Å². The summed E-state index contributed by atoms with van der Waals surface area (Å²) in [6.07, 6.45) is 7.92. The molecule has 1 aliphatic rings. The van der Waals surface area contributed by atoms with Crippen LogP contribution < -0.4 is 9.47 Å². The van der Waals surface area contributed by atoms with Crippen molar-refractivity contribution >= 4 is 45.2 Å². The molecule has 3 aromatic carbocycles. The molecule has 3 aromatic rings. The van der Waals surface area contributed by atoms with Crippen molar-refractivity contribution in [2.45, 2.75) is 32.1 Å². The Balaban J connectivity index is 1.42. The third kappa shape index (κ3) is 4.86. The first kappa shape index (κ1) is 20.9. The fourth-order valence-electron chi connectivity index (χ4n) is 3.69. The van der Waals surface area contributed by atoms with Crippen molar-refractivity contribution in [3.05, 3.63) is 77.5 Å². The van der Waals surface area contributed by atoms with E-state index in [4.69, 9.17) is 9.47 Å². The highest BCUT2D eigenvalue weighted by atomic mass is 127. The van der Waals surface area contributed by atoms with Crippen LogP contribution in [0.25, 0.3) is 16.8 Å². The van der Waals surface area contributed by atoms with Crippen LogP contribution in [0.5, 0.6) is 11.5 Å². The Morgan fingerprint density at radius 3 is 2.60 bits per heavy atom. The molecule has 0 atom stereocenters. The Hall–Kier alpha value is -2.34. The number of benzene rings is 3. The van der Waals surface area contributed by atoms with Crippen molar-refractivity contribution in [1.82, 2.24) is 0 Å². The van der Waals surface area contributed by atoms with E-state index in [1.54, 1.807) is 6.07 Å². The minimum Gasteiger partial charge on any atom is -0.493 e. The molecule has 0 unspecified atom stereocenters. The number of carbonyl (C=O) groups is 1. The van der Waals surface area contributed by atoms with Crippen LogP contribution >= 0.6 is 22.6 Å². The van der Waals surface area contributed by atoms with Crippen molar-refractivity contribution in [2.75, 3.05) is 11.0 Å². The lowest BCUT2D eigenvalue weighted by Gasteiger charge is -2.07. The van der Waals surface area contributed by atoms with Gasteiger partial charge in [0.25, 0.3) is 0 Å². The molecular weight excluding hydrogens is 487 g/mol. The predicted octanol–water partition coefficient (Wildman–Crippen LogP) is 7.22. The number of Topliss-reactive ketones (excluding diaryl/α,β-unsaturated/α-hetero) is 1. The Bertz CT molecular complexity index is 1070. The van der Waals surface area contributed by atoms with Gasteiger partial charge in [-0.05, 0) is 51.8 Å². The van der Waals surface area contributed by atoms with E-state index < -0.39 is 0 Å². The molecule has 0 fully saturated rings. The molecule has 0 amide bonds. The normalized spacial score (nSPS) is 14.2. The molecule has 154 valence electrons. The van der Waals surface area contributed by atoms with E-state index in [1.807, 2.05) is 42.5 Å². The van der Waals surface area contributed by atoms with Gasteiger partial charge in [-0.25, -0.2) is 0 Å². The first-order chi connectivity index (χ1) is 14.8. The molecule has 1 aliphatic heterocycles. The maximum Gasteiger partial charge on any atom is 0.231 e. The number of ether oxygens (including phenoxy) is 2. The molecule has 0 aromatic heterocycles. The molecular formula is C26H25IO3. The van der Waals surface area contributed by atoms with Gasteiger partial charge >= 0.3 is 0 Å². The quantitative estimate of drug-likeness (QED) is 0.131. The first-order valence-electron chi connectivity index (χ1n) is 10.5. The average Bonchev–Trinajstić information content (AvgIpc) is 3.08. The Morgan fingerprint density at radius 1 is 0.900 bits per heavy atom. The van der Waals surface area contributed by atoms with Crippen LogP contribution in [-0.2, 0) is 0 Å². The van der Waals surface area contributed by atoms with E-state index in [-0.39, 0.29) is 5.78 Å². The Morgan fingerprint density at radius 2 is 1.70 bits per heavy atom. The molecule has 3 nitrogen and oxygen atoms in total. The zero-order chi connectivity index (χ0) is 20.8. The lowest BCUT2D eigenvalue weighted by atomic mass is 10.0. The van der Waals surface area contributed by atoms with Gasteiger partial charge < -0.3 is 9.47 Å². The van der Waals surface area contributed by atoms with E-state index in [2.05, 4.69) is 40.8 Å². The number of rotatable bonds is 9. The van der Waals surface area contributed by atoms with Crippen molar-refractivity contribution in [1.29, 1.82) is 0 Å². The molecule has 0 radical (unpaired) electrons. The highest BCUT2D eigenvalue weighted by Crippen LogP contribution is 2.35. The van der Waals surface area contributed by atoms with Gasteiger partial charge in [0.15, 0.2) is 5.76 Å². The van der Waals surface area contributed by atoms with Crippen LogP contribution in [0.1, 0.15) is 48.0 Å². The molecule has 30 heavy (non-hydrogen) atoms. The summed E-state index contributed by atoms with van der Waals surface area (Å²) in [7, 11) is 0. The van der Waals surface area contributed by atoms with E-state index >= 15 is 0 Å². The molecule has 1 heterocycles. The van der Waals surface area contributed by atoms with E-state index in [0.29, 0.717) is 23.7 Å². The summed E-state index contributed by atoms with van der Waals surface area (Å²) >= 11 is 2.43. The van der Waals surface area contributed by atoms with Crippen LogP contribution in [0.3, 0.4) is 0 Å². The second-order valence-corrected chi connectivity index (χ2v) is 8.55. The van der Waals surface area contributed by atoms with Gasteiger partial charge in [0, 0.05) is 6.07 Å². The third-order valence-corrected chi connectivity index (χ3v) is 6.06. The van der Waals surface area contributed by atoms with Gasteiger partial charge in [-0.2, -0.15) is 0 Å². The summed E-state index contributed by atoms with van der Waals surface area (Å²) in [6, 6.07) is 19.7. The molecule has 0 spiro atoms. The van der Waals surface area contributed by atoms with Crippen LogP contribution in [-0.4, -0.2) is 16.8 Å². The molecule has 0 N–H and O–H groups in total. The topological polar surface area (TPSA) is 35.5 Å². The first-order valence-corrected chi connectivity index (χ1v) is 12.0. The summed E-state index contributed by atoms with van der Waals surface area (Å²) in [5, 5.41) is 2.24. The number of alkyl halides is 1. The standard InChI is InChI=1S/C26H25IO3/c27-15-6-2-1-3-7-16-29-21-13-14-23-24(18-21)30-25(26(23)28)17-20-11-8-10-19-9-4-5-12-22(19)20/h4-5,8-14,17-18H,1-3,6-7,15-16H2/b25-17-. The van der Waals surface area contributed by atoms with Gasteiger partial charge in [0.05, 0.1) is 12.2 Å². The summed E-state index contributed by atoms with van der Waals surface area (Å²) in [6.45, 7) is 0.690. The van der Waals surface area contributed by atoms with Gasteiger partial charge in [0.1, 0.15) is 11.5 Å². The largest absolute Gasteiger partial charge is 0.493 e. The van der Waals surface area contributed by atoms with Crippen molar-refractivity contribution in [3.8, 4) is 11.5 Å². The van der Waals surface area contributed by atoms with Crippen molar-refractivity contribution < 1.29 is 14.3 Å². The lowest BCUT2D eigenvalue weighted by Crippen LogP contribution is -1.98. The summed E-state index contributed by atoms with van der Waals surface area (Å²) < 4.78 is 13.0. The van der Waals surface area contributed by atoms with Gasteiger partial charge in [-0.1, -0.05) is 84.3 Å². The van der Waals surface area contributed by atoms with Crippen LogP contribution in [0, 0.1) is 0 Å². The second-order valence-electron chi connectivity index (χ2n) is 7.47. The summed E-state index contributed by atoms with van der Waals surface area (Å²) in [4.78, 5) is 12.8. The maximum absolute atomic E-state index is 12.8. The number of hydrogen-bond donors (Lipinski definition) is 0. The average molecular weight is 512 g/mol. The SMILES string of the molecule is O=C1/C(=C/c2cccc3ccccc23)Oc2cc(OCCCCCCCI)ccc21. The number of unbranched alkanes of at least 4 members (excludes halogenated alkanes) is 4. The van der Waals surface area contributed by atoms with Crippen LogP contribution in [0.4, 0.5) is 0 Å². The van der Waals surface area contributed by atoms with Gasteiger partial charge in [-0.15, -0.1) is 0 Å². The fraction of sp³-hybridized carbons (Fsp3) is 0.269. The van der Waals surface area contributed by atoms with Crippen molar-refractivity contribution in [3.63, 3.8) is 0 Å².